The van der Waals surface area contributed by atoms with Crippen LogP contribution in [0, 0.1) is 0 Å². The molecule has 0 rings (SSSR count). The van der Waals surface area contributed by atoms with E-state index in [4.69, 9.17) is 0 Å². The van der Waals surface area contributed by atoms with Gasteiger partial charge in [-0.1, -0.05) is 249 Å². The van der Waals surface area contributed by atoms with Crippen molar-refractivity contribution in [2.45, 2.75) is 276 Å². The molecule has 0 radical (unpaired) electrons. The highest BCUT2D eigenvalue weighted by molar-refractivity contribution is 5.76. The zero-order valence-electron chi connectivity index (χ0n) is 38.4. The van der Waals surface area contributed by atoms with Gasteiger partial charge in [-0.25, -0.2) is 0 Å². The van der Waals surface area contributed by atoms with Crippen LogP contribution in [0.4, 0.5) is 0 Å². The molecule has 334 valence electrons. The van der Waals surface area contributed by atoms with Gasteiger partial charge in [0.15, 0.2) is 0 Å². The van der Waals surface area contributed by atoms with Crippen LogP contribution in [-0.4, -0.2) is 34.9 Å². The van der Waals surface area contributed by atoms with Crippen molar-refractivity contribution < 1.29 is 15.0 Å². The number of unbranched alkanes of at least 4 members (excludes halogenated alkanes) is 33. The minimum absolute atomic E-state index is 0.0637. The van der Waals surface area contributed by atoms with E-state index in [-0.39, 0.29) is 12.5 Å². The first-order valence-electron chi connectivity index (χ1n) is 25.4. The highest BCUT2D eigenvalue weighted by atomic mass is 16.3. The number of aliphatic hydroxyl groups is 2. The molecule has 0 aromatic rings. The number of hydrogen-bond donors (Lipinski definition) is 3. The lowest BCUT2D eigenvalue weighted by Crippen LogP contribution is -2.45. The van der Waals surface area contributed by atoms with Gasteiger partial charge in [0.2, 0.25) is 5.91 Å². The Labute approximate surface area is 356 Å². The summed E-state index contributed by atoms with van der Waals surface area (Å²) in [6.45, 7) is 4.28. The van der Waals surface area contributed by atoms with Crippen LogP contribution in [0.25, 0.3) is 0 Å². The molecule has 0 bridgehead atoms. The maximum Gasteiger partial charge on any atom is 0.220 e. The van der Waals surface area contributed by atoms with Gasteiger partial charge in [0.1, 0.15) is 0 Å². The molecule has 0 aliphatic rings. The summed E-state index contributed by atoms with van der Waals surface area (Å²) in [6, 6.07) is -0.619. The number of nitrogens with one attached hydrogen (secondary N) is 1. The highest BCUT2D eigenvalue weighted by Gasteiger charge is 2.18. The van der Waals surface area contributed by atoms with E-state index in [1.807, 2.05) is 6.08 Å². The third-order valence-electron chi connectivity index (χ3n) is 11.6. The van der Waals surface area contributed by atoms with Crippen LogP contribution in [0.5, 0.6) is 0 Å². The fraction of sp³-hybridized carbons (Fsp3) is 0.830. The van der Waals surface area contributed by atoms with E-state index in [1.54, 1.807) is 6.08 Å². The van der Waals surface area contributed by atoms with E-state index < -0.39 is 12.1 Å². The van der Waals surface area contributed by atoms with E-state index in [2.05, 4.69) is 55.6 Å². The molecule has 0 fully saturated rings. The van der Waals surface area contributed by atoms with Gasteiger partial charge in [0.05, 0.1) is 18.8 Å². The minimum atomic E-state index is -0.836. The normalized spacial score (nSPS) is 13.3. The van der Waals surface area contributed by atoms with Gasteiger partial charge in [-0.15, -0.1) is 0 Å². The Balaban J connectivity index is 3.41. The SMILES string of the molecule is CCCCCCC/C=C\C/C=C\C/C=C\CCCCCCCCCCCCCCCCCCCCCCC(=O)NC(CO)C(O)/C=C/CCCCCCCCCC. The van der Waals surface area contributed by atoms with Crippen LogP contribution in [0.1, 0.15) is 264 Å². The zero-order valence-corrected chi connectivity index (χ0v) is 38.4. The molecule has 0 aliphatic heterocycles. The molecular formula is C53H99NO3. The Kier molecular flexibility index (Phi) is 47.3. The third kappa shape index (κ3) is 45.3. The van der Waals surface area contributed by atoms with Crippen LogP contribution in [0.15, 0.2) is 48.6 Å². The second kappa shape index (κ2) is 48.7. The molecular weight excluding hydrogens is 699 g/mol. The summed E-state index contributed by atoms with van der Waals surface area (Å²) in [5, 5.41) is 22.9. The quantitative estimate of drug-likeness (QED) is 0.0424. The van der Waals surface area contributed by atoms with Crippen LogP contribution < -0.4 is 5.32 Å². The number of carbonyl (C=O) groups excluding carboxylic acids is 1. The maximum absolute atomic E-state index is 12.4. The zero-order chi connectivity index (χ0) is 41.4. The Morgan fingerprint density at radius 1 is 0.421 bits per heavy atom. The summed E-state index contributed by atoms with van der Waals surface area (Å²) in [5.41, 5.74) is 0. The molecule has 0 spiro atoms. The molecule has 4 heteroatoms. The van der Waals surface area contributed by atoms with Gasteiger partial charge in [-0.05, 0) is 57.8 Å². The molecule has 0 aromatic heterocycles. The summed E-state index contributed by atoms with van der Waals surface area (Å²) < 4.78 is 0. The predicted molar refractivity (Wildman–Crippen MR) is 253 cm³/mol. The lowest BCUT2D eigenvalue weighted by atomic mass is 10.0. The summed E-state index contributed by atoms with van der Waals surface area (Å²) in [4.78, 5) is 12.4. The molecule has 0 heterocycles. The monoisotopic (exact) mass is 798 g/mol. The summed E-state index contributed by atoms with van der Waals surface area (Å²) in [7, 11) is 0. The van der Waals surface area contributed by atoms with Crippen molar-refractivity contribution in [3.63, 3.8) is 0 Å². The second-order valence-corrected chi connectivity index (χ2v) is 17.2. The number of allylic oxidation sites excluding steroid dienone is 7. The predicted octanol–water partition coefficient (Wildman–Crippen LogP) is 16.3. The Bertz CT molecular complexity index is 908. The first-order valence-corrected chi connectivity index (χ1v) is 25.4. The molecule has 4 nitrogen and oxygen atoms in total. The van der Waals surface area contributed by atoms with Crippen molar-refractivity contribution >= 4 is 5.91 Å². The smallest absolute Gasteiger partial charge is 0.220 e. The lowest BCUT2D eigenvalue weighted by molar-refractivity contribution is -0.123. The van der Waals surface area contributed by atoms with Crippen LogP contribution >= 0.6 is 0 Å². The van der Waals surface area contributed by atoms with Gasteiger partial charge in [0, 0.05) is 6.42 Å². The summed E-state index contributed by atoms with van der Waals surface area (Å²) in [6.07, 6.45) is 66.9. The Morgan fingerprint density at radius 3 is 1.07 bits per heavy atom. The number of amides is 1. The first-order chi connectivity index (χ1) is 28.2. The number of rotatable bonds is 46. The van der Waals surface area contributed by atoms with E-state index in [1.165, 1.54) is 205 Å². The van der Waals surface area contributed by atoms with Crippen LogP contribution in [0.2, 0.25) is 0 Å². The average molecular weight is 798 g/mol. The molecule has 2 atom stereocenters. The molecule has 0 aromatic carbocycles. The molecule has 0 saturated heterocycles. The van der Waals surface area contributed by atoms with Crippen molar-refractivity contribution in [2.24, 2.45) is 0 Å². The third-order valence-corrected chi connectivity index (χ3v) is 11.6. The molecule has 57 heavy (non-hydrogen) atoms. The molecule has 0 saturated carbocycles. The Morgan fingerprint density at radius 2 is 0.719 bits per heavy atom. The van der Waals surface area contributed by atoms with Gasteiger partial charge < -0.3 is 15.5 Å². The highest BCUT2D eigenvalue weighted by Crippen LogP contribution is 2.16. The van der Waals surface area contributed by atoms with E-state index in [0.717, 1.165) is 38.5 Å². The van der Waals surface area contributed by atoms with Crippen molar-refractivity contribution in [2.75, 3.05) is 6.61 Å². The number of aliphatic hydroxyl groups excluding tert-OH is 2. The van der Waals surface area contributed by atoms with E-state index in [9.17, 15) is 15.0 Å². The summed E-state index contributed by atoms with van der Waals surface area (Å²) >= 11 is 0. The maximum atomic E-state index is 12.4. The number of hydrogen-bond acceptors (Lipinski definition) is 3. The fourth-order valence-corrected chi connectivity index (χ4v) is 7.66. The minimum Gasteiger partial charge on any atom is -0.394 e. The molecule has 0 aliphatic carbocycles. The standard InChI is InChI=1S/C53H99NO3/c1-3-5-7-9-11-13-15-16-17-18-19-20-21-22-23-24-25-26-27-28-29-30-31-32-33-34-35-36-37-38-39-41-43-45-47-49-53(57)54-51(50-55)52(56)48-46-44-42-40-14-12-10-8-6-4-2/h15-16,18-19,21-22,46,48,51-52,55-56H,3-14,17,20,23-45,47,49-50H2,1-2H3,(H,54,57)/b16-15-,19-18-,22-21-,48-46+. The molecule has 2 unspecified atom stereocenters. The van der Waals surface area contributed by atoms with Crippen molar-refractivity contribution in [3.8, 4) is 0 Å². The van der Waals surface area contributed by atoms with Gasteiger partial charge in [-0.2, -0.15) is 0 Å². The van der Waals surface area contributed by atoms with Crippen LogP contribution in [0.3, 0.4) is 0 Å². The lowest BCUT2D eigenvalue weighted by Gasteiger charge is -2.20. The van der Waals surface area contributed by atoms with Crippen LogP contribution in [-0.2, 0) is 4.79 Å². The fourth-order valence-electron chi connectivity index (χ4n) is 7.66. The van der Waals surface area contributed by atoms with Gasteiger partial charge in [0.25, 0.3) is 0 Å². The van der Waals surface area contributed by atoms with Crippen molar-refractivity contribution in [3.05, 3.63) is 48.6 Å². The Hall–Kier alpha value is -1.65. The number of carbonyl (C=O) groups is 1. The van der Waals surface area contributed by atoms with E-state index >= 15 is 0 Å². The largest absolute Gasteiger partial charge is 0.394 e. The topological polar surface area (TPSA) is 69.6 Å². The van der Waals surface area contributed by atoms with Crippen molar-refractivity contribution in [1.29, 1.82) is 0 Å². The van der Waals surface area contributed by atoms with Crippen molar-refractivity contribution in [1.82, 2.24) is 5.32 Å². The average Bonchev–Trinajstić information content (AvgIpc) is 3.22. The van der Waals surface area contributed by atoms with E-state index in [0.29, 0.717) is 6.42 Å². The molecule has 1 amide bonds. The summed E-state index contributed by atoms with van der Waals surface area (Å²) in [5.74, 6) is -0.0637. The molecule has 3 N–H and O–H groups in total. The second-order valence-electron chi connectivity index (χ2n) is 17.2. The first kappa shape index (κ1) is 55.4. The van der Waals surface area contributed by atoms with Gasteiger partial charge >= 0.3 is 0 Å². The van der Waals surface area contributed by atoms with Gasteiger partial charge in [-0.3, -0.25) is 4.79 Å².